The molecule has 0 unspecified atom stereocenters. The first-order chi connectivity index (χ1) is 22.0. The van der Waals surface area contributed by atoms with Gasteiger partial charge in [0.1, 0.15) is 23.5 Å². The van der Waals surface area contributed by atoms with Crippen LogP contribution in [0.4, 0.5) is 5.69 Å². The predicted molar refractivity (Wildman–Crippen MR) is 184 cm³/mol. The minimum Gasteiger partial charge on any atom is -0.494 e. The van der Waals surface area contributed by atoms with Gasteiger partial charge in [0.25, 0.3) is 0 Å². The molecule has 0 aromatic heterocycles. The van der Waals surface area contributed by atoms with Gasteiger partial charge in [0.15, 0.2) is 0 Å². The number of aliphatic imine (C=N–C) groups is 1. The topological polar surface area (TPSA) is 171 Å². The van der Waals surface area contributed by atoms with E-state index >= 15 is 0 Å². The summed E-state index contributed by atoms with van der Waals surface area (Å²) < 4.78 is 5.96. The summed E-state index contributed by atoms with van der Waals surface area (Å²) in [5.41, 5.74) is 4.24. The number of amides is 2. The largest absolute Gasteiger partial charge is 0.494 e. The number of nitrogens with zero attached hydrogens (tertiary/aromatic N) is 2. The minimum atomic E-state index is -1.35. The van der Waals surface area contributed by atoms with Gasteiger partial charge in [-0.05, 0) is 69.4 Å². The summed E-state index contributed by atoms with van der Waals surface area (Å²) in [6.07, 6.45) is 2.22. The second kappa shape index (κ2) is 17.8. The maximum Gasteiger partial charge on any atom is 0.488 e. The molecular formula is C33H40BClN6O5. The zero-order chi connectivity index (χ0) is 33.6. The Kier molecular flexibility index (Phi) is 13.9. The number of anilines is 1. The molecule has 0 spiro atoms. The summed E-state index contributed by atoms with van der Waals surface area (Å²) in [6, 6.07) is 19.0. The third-order valence-corrected chi connectivity index (χ3v) is 7.17. The number of hydrogen-bond acceptors (Lipinski definition) is 8. The number of rotatable bonds is 12. The number of aryl methyl sites for hydroxylation is 1. The van der Waals surface area contributed by atoms with E-state index < -0.39 is 13.2 Å². The Hall–Kier alpha value is -4.52. The van der Waals surface area contributed by atoms with Crippen LogP contribution >= 0.6 is 11.6 Å². The fourth-order valence-corrected chi connectivity index (χ4v) is 4.88. The Labute approximate surface area is 274 Å². The highest BCUT2D eigenvalue weighted by molar-refractivity contribution is 6.58. The van der Waals surface area contributed by atoms with Crippen LogP contribution in [-0.2, 0) is 9.59 Å². The molecule has 1 heterocycles. The van der Waals surface area contributed by atoms with Crippen molar-refractivity contribution in [3.05, 3.63) is 88.4 Å². The zero-order valence-electron chi connectivity index (χ0n) is 26.2. The van der Waals surface area contributed by atoms with Gasteiger partial charge >= 0.3 is 7.12 Å². The fourth-order valence-electron chi connectivity index (χ4n) is 4.75. The normalized spacial score (nSPS) is 13.7. The Morgan fingerprint density at radius 1 is 1.13 bits per heavy atom. The highest BCUT2D eigenvalue weighted by Gasteiger charge is 2.32. The molecule has 6 N–H and O–H groups in total. The lowest BCUT2D eigenvalue weighted by Gasteiger charge is -2.26. The SMILES string of the molecule is CCNC(=O)C[C@@H]1N=C(c2ccc(Cl)cc2)c2cc(OCCCCNC=O)ccc2N(C(C)=N)C1=N.Cc1cccc(B(O)O)c1. The lowest BCUT2D eigenvalue weighted by atomic mass is 9.80. The number of fused-ring (bicyclic) bond motifs is 1. The van der Waals surface area contributed by atoms with Crippen molar-refractivity contribution in [1.29, 1.82) is 10.8 Å². The van der Waals surface area contributed by atoms with E-state index in [4.69, 9.17) is 42.2 Å². The molecular weight excluding hydrogens is 607 g/mol. The lowest BCUT2D eigenvalue weighted by Crippen LogP contribution is -2.42. The first-order valence-electron chi connectivity index (χ1n) is 15.0. The van der Waals surface area contributed by atoms with Crippen molar-refractivity contribution in [1.82, 2.24) is 10.6 Å². The highest BCUT2D eigenvalue weighted by atomic mass is 35.5. The molecule has 2 amide bonds. The second-order valence-electron chi connectivity index (χ2n) is 10.6. The van der Waals surface area contributed by atoms with Crippen LogP contribution < -0.4 is 25.7 Å². The average Bonchev–Trinajstić information content (AvgIpc) is 3.13. The summed E-state index contributed by atoms with van der Waals surface area (Å²) >= 11 is 6.12. The standard InChI is InChI=1S/C26H31ClN6O3.C7H9BO2/c1-3-31-24(35)15-22-26(29)33(17(2)28)23-11-10-20(36-13-5-4-12-30-16-34)14-21(23)25(32-22)18-6-8-19(27)9-7-18;1-6-3-2-4-7(5-6)8(9)10/h6-11,14,16,22,28-29H,3-5,12-13,15H2,1-2H3,(H,30,34)(H,31,35);2-5,9-10H,1H3/t22-;/m0./s1. The summed E-state index contributed by atoms with van der Waals surface area (Å²) in [7, 11) is -1.35. The van der Waals surface area contributed by atoms with Crippen LogP contribution in [0.5, 0.6) is 5.75 Å². The van der Waals surface area contributed by atoms with E-state index in [0.717, 1.165) is 24.0 Å². The number of benzodiazepines with no additional fused rings is 1. The molecule has 1 atom stereocenters. The highest BCUT2D eigenvalue weighted by Crippen LogP contribution is 2.33. The van der Waals surface area contributed by atoms with E-state index in [9.17, 15) is 9.59 Å². The molecule has 3 aromatic rings. The molecule has 0 bridgehead atoms. The second-order valence-corrected chi connectivity index (χ2v) is 11.0. The monoisotopic (exact) mass is 646 g/mol. The molecule has 0 saturated heterocycles. The van der Waals surface area contributed by atoms with Gasteiger partial charge in [-0.15, -0.1) is 0 Å². The van der Waals surface area contributed by atoms with Crippen molar-refractivity contribution in [2.75, 3.05) is 24.6 Å². The van der Waals surface area contributed by atoms with Crippen molar-refractivity contribution in [2.45, 2.75) is 46.1 Å². The van der Waals surface area contributed by atoms with E-state index in [-0.39, 0.29) is 24.0 Å². The van der Waals surface area contributed by atoms with Crippen molar-refractivity contribution in [3.63, 3.8) is 0 Å². The predicted octanol–water partition coefficient (Wildman–Crippen LogP) is 3.45. The van der Waals surface area contributed by atoms with Crippen molar-refractivity contribution >= 4 is 59.6 Å². The van der Waals surface area contributed by atoms with Crippen LogP contribution in [0.25, 0.3) is 0 Å². The van der Waals surface area contributed by atoms with Gasteiger partial charge in [0, 0.05) is 29.2 Å². The Morgan fingerprint density at radius 3 is 2.48 bits per heavy atom. The summed E-state index contributed by atoms with van der Waals surface area (Å²) in [5, 5.41) is 40.7. The Bertz CT molecular complexity index is 1550. The van der Waals surface area contributed by atoms with Crippen LogP contribution in [-0.4, -0.2) is 72.6 Å². The van der Waals surface area contributed by atoms with Crippen LogP contribution in [0.2, 0.25) is 5.02 Å². The van der Waals surface area contributed by atoms with Crippen LogP contribution in [0.3, 0.4) is 0 Å². The minimum absolute atomic E-state index is 0.0142. The molecule has 1 aliphatic rings. The van der Waals surface area contributed by atoms with Gasteiger partial charge < -0.3 is 25.4 Å². The summed E-state index contributed by atoms with van der Waals surface area (Å²) in [6.45, 7) is 6.89. The molecule has 46 heavy (non-hydrogen) atoms. The van der Waals surface area contributed by atoms with Crippen LogP contribution in [0.15, 0.2) is 71.7 Å². The van der Waals surface area contributed by atoms with Crippen molar-refractivity contribution in [3.8, 4) is 5.75 Å². The number of halogens is 1. The molecule has 3 aromatic carbocycles. The summed E-state index contributed by atoms with van der Waals surface area (Å²) in [4.78, 5) is 29.2. The number of ether oxygens (including phenoxy) is 1. The molecule has 0 fully saturated rings. The lowest BCUT2D eigenvalue weighted by molar-refractivity contribution is -0.121. The van der Waals surface area contributed by atoms with E-state index in [2.05, 4.69) is 10.6 Å². The van der Waals surface area contributed by atoms with E-state index in [1.165, 1.54) is 4.90 Å². The van der Waals surface area contributed by atoms with Gasteiger partial charge in [-0.2, -0.15) is 0 Å². The number of hydrogen-bond donors (Lipinski definition) is 6. The fraction of sp³-hybridized carbons (Fsp3) is 0.303. The van der Waals surface area contributed by atoms with Gasteiger partial charge in [0.2, 0.25) is 12.3 Å². The molecule has 4 rings (SSSR count). The maximum atomic E-state index is 12.5. The van der Waals surface area contributed by atoms with E-state index in [1.54, 1.807) is 43.3 Å². The molecule has 11 nitrogen and oxygen atoms in total. The molecule has 1 aliphatic heterocycles. The number of benzene rings is 3. The van der Waals surface area contributed by atoms with Crippen molar-refractivity contribution < 1.29 is 24.4 Å². The first-order valence-corrected chi connectivity index (χ1v) is 15.3. The van der Waals surface area contributed by atoms with Gasteiger partial charge in [-0.25, -0.2) is 0 Å². The molecule has 0 aliphatic carbocycles. The van der Waals surface area contributed by atoms with Gasteiger partial charge in [0.05, 0.1) is 24.4 Å². The number of carbonyl (C=O) groups excluding carboxylic acids is 2. The third kappa shape index (κ3) is 10.3. The number of carbonyl (C=O) groups is 2. The van der Waals surface area contributed by atoms with E-state index in [0.29, 0.717) is 59.3 Å². The first kappa shape index (κ1) is 36.0. The van der Waals surface area contributed by atoms with Gasteiger partial charge in [-0.3, -0.25) is 30.3 Å². The van der Waals surface area contributed by atoms with Crippen LogP contribution in [0.1, 0.15) is 49.8 Å². The molecule has 242 valence electrons. The smallest absolute Gasteiger partial charge is 0.488 e. The van der Waals surface area contributed by atoms with Gasteiger partial charge in [-0.1, -0.05) is 53.6 Å². The molecule has 0 radical (unpaired) electrons. The third-order valence-electron chi connectivity index (χ3n) is 6.92. The van der Waals surface area contributed by atoms with Crippen molar-refractivity contribution in [2.24, 2.45) is 4.99 Å². The average molecular weight is 647 g/mol. The Balaban J connectivity index is 0.000000489. The zero-order valence-corrected chi connectivity index (χ0v) is 27.0. The summed E-state index contributed by atoms with van der Waals surface area (Å²) in [5.74, 6) is 0.601. The number of nitrogens with one attached hydrogen (secondary N) is 4. The number of unbranched alkanes of at least 4 members (excludes halogenated alkanes) is 1. The quantitative estimate of drug-likeness (QED) is 0.0579. The molecule has 13 heteroatoms. The molecule has 0 saturated carbocycles. The number of amidine groups is 2. The van der Waals surface area contributed by atoms with E-state index in [1.807, 2.05) is 44.2 Å². The van der Waals surface area contributed by atoms with Crippen LogP contribution in [0, 0.1) is 17.7 Å². The maximum absolute atomic E-state index is 12.5. The Morgan fingerprint density at radius 2 is 1.87 bits per heavy atom.